The quantitative estimate of drug-likeness (QED) is 0.815. The largest absolute Gasteiger partial charge is 0.395 e. The van der Waals surface area contributed by atoms with Crippen molar-refractivity contribution in [2.45, 2.75) is 44.0 Å². The maximum absolute atomic E-state index is 12.3. The van der Waals surface area contributed by atoms with Gasteiger partial charge < -0.3 is 5.11 Å². The summed E-state index contributed by atoms with van der Waals surface area (Å²) in [6, 6.07) is 4.93. The number of rotatable bonds is 5. The summed E-state index contributed by atoms with van der Waals surface area (Å²) < 4.78 is 27.4. The van der Waals surface area contributed by atoms with Crippen LogP contribution in [0.2, 0.25) is 0 Å². The van der Waals surface area contributed by atoms with Gasteiger partial charge >= 0.3 is 0 Å². The van der Waals surface area contributed by atoms with Gasteiger partial charge in [0.05, 0.1) is 11.5 Å². The second-order valence-electron chi connectivity index (χ2n) is 5.50. The molecule has 1 aliphatic rings. The number of benzene rings is 1. The van der Waals surface area contributed by atoms with Crippen molar-refractivity contribution < 1.29 is 13.5 Å². The van der Waals surface area contributed by atoms with Crippen molar-refractivity contribution in [3.63, 3.8) is 0 Å². The van der Waals surface area contributed by atoms with Crippen molar-refractivity contribution in [3.05, 3.63) is 29.3 Å². The standard InChI is InChI=1S/C16H21NO3S/c1-12-11-16(9-8-14(12)5-3-4-10-18)21(19,20)17-13(2)15-6-7-15/h8-9,11,13,15,17-18H,4,6-7,10H2,1-2H3. The van der Waals surface area contributed by atoms with Crippen molar-refractivity contribution in [2.24, 2.45) is 5.92 Å². The van der Waals surface area contributed by atoms with Crippen LogP contribution in [0.5, 0.6) is 0 Å². The fourth-order valence-corrected chi connectivity index (χ4v) is 3.56. The second kappa shape index (κ2) is 6.61. The fraction of sp³-hybridized carbons (Fsp3) is 0.500. The van der Waals surface area contributed by atoms with Gasteiger partial charge in [0.15, 0.2) is 0 Å². The van der Waals surface area contributed by atoms with E-state index < -0.39 is 10.0 Å². The topological polar surface area (TPSA) is 66.4 Å². The molecule has 0 aliphatic heterocycles. The van der Waals surface area contributed by atoms with Crippen LogP contribution in [-0.4, -0.2) is 26.2 Å². The molecule has 1 fully saturated rings. The minimum absolute atomic E-state index is 0.0145. The van der Waals surface area contributed by atoms with Gasteiger partial charge in [-0.1, -0.05) is 11.8 Å². The van der Waals surface area contributed by atoms with E-state index in [0.29, 0.717) is 12.3 Å². The van der Waals surface area contributed by atoms with E-state index >= 15 is 0 Å². The predicted molar refractivity (Wildman–Crippen MR) is 82.3 cm³/mol. The summed E-state index contributed by atoms with van der Waals surface area (Å²) >= 11 is 0. The molecule has 1 aromatic rings. The molecule has 0 bridgehead atoms. The van der Waals surface area contributed by atoms with Gasteiger partial charge in [-0.15, -0.1) is 0 Å². The van der Waals surface area contributed by atoms with Crippen LogP contribution >= 0.6 is 0 Å². The third-order valence-corrected chi connectivity index (χ3v) is 5.19. The summed E-state index contributed by atoms with van der Waals surface area (Å²) in [5, 5.41) is 8.71. The third kappa shape index (κ3) is 4.31. The monoisotopic (exact) mass is 307 g/mol. The van der Waals surface area contributed by atoms with E-state index in [2.05, 4.69) is 16.6 Å². The lowest BCUT2D eigenvalue weighted by atomic mass is 10.1. The number of sulfonamides is 1. The first-order valence-electron chi connectivity index (χ1n) is 7.17. The normalized spacial score (nSPS) is 16.1. The smallest absolute Gasteiger partial charge is 0.240 e. The molecule has 1 aromatic carbocycles. The molecule has 21 heavy (non-hydrogen) atoms. The minimum atomic E-state index is -3.47. The highest BCUT2D eigenvalue weighted by atomic mass is 32.2. The van der Waals surface area contributed by atoms with E-state index in [9.17, 15) is 8.42 Å². The molecule has 0 heterocycles. The second-order valence-corrected chi connectivity index (χ2v) is 7.21. The number of nitrogens with one attached hydrogen (secondary N) is 1. The number of aliphatic hydroxyl groups excluding tert-OH is 1. The molecular formula is C16H21NO3S. The number of aryl methyl sites for hydroxylation is 1. The van der Waals surface area contributed by atoms with E-state index in [1.807, 2.05) is 13.8 Å². The summed E-state index contributed by atoms with van der Waals surface area (Å²) in [7, 11) is -3.47. The van der Waals surface area contributed by atoms with Gasteiger partial charge in [-0.05, 0) is 56.4 Å². The summed E-state index contributed by atoms with van der Waals surface area (Å²) in [5.41, 5.74) is 1.61. The Bertz CT molecular complexity index is 666. The van der Waals surface area contributed by atoms with Gasteiger partial charge in [-0.2, -0.15) is 0 Å². The Morgan fingerprint density at radius 1 is 1.43 bits per heavy atom. The molecule has 1 atom stereocenters. The zero-order valence-electron chi connectivity index (χ0n) is 12.4. The predicted octanol–water partition coefficient (Wildman–Crippen LogP) is 1.81. The molecule has 1 unspecified atom stereocenters. The van der Waals surface area contributed by atoms with Gasteiger partial charge in [0.1, 0.15) is 0 Å². The Kier molecular flexibility index (Phi) is 5.04. The van der Waals surface area contributed by atoms with Crippen LogP contribution in [0.4, 0.5) is 0 Å². The molecule has 5 heteroatoms. The van der Waals surface area contributed by atoms with Crippen molar-refractivity contribution in [1.82, 2.24) is 4.72 Å². The molecule has 2 N–H and O–H groups in total. The summed E-state index contributed by atoms with van der Waals surface area (Å²) in [6.07, 6.45) is 2.62. The van der Waals surface area contributed by atoms with E-state index in [1.165, 1.54) is 0 Å². The van der Waals surface area contributed by atoms with Crippen molar-refractivity contribution >= 4 is 10.0 Å². The molecule has 0 saturated heterocycles. The molecule has 0 amide bonds. The van der Waals surface area contributed by atoms with Gasteiger partial charge in [-0.3, -0.25) is 0 Å². The third-order valence-electron chi connectivity index (χ3n) is 3.64. The molecule has 0 radical (unpaired) electrons. The van der Waals surface area contributed by atoms with E-state index in [4.69, 9.17) is 5.11 Å². The minimum Gasteiger partial charge on any atom is -0.395 e. The van der Waals surface area contributed by atoms with Crippen LogP contribution in [0.3, 0.4) is 0 Å². The van der Waals surface area contributed by atoms with Gasteiger partial charge in [0.2, 0.25) is 10.0 Å². The van der Waals surface area contributed by atoms with Gasteiger partial charge in [-0.25, -0.2) is 13.1 Å². The molecule has 1 aliphatic carbocycles. The van der Waals surface area contributed by atoms with Crippen LogP contribution in [0.15, 0.2) is 23.1 Å². The number of hydrogen-bond acceptors (Lipinski definition) is 3. The van der Waals surface area contributed by atoms with Crippen LogP contribution < -0.4 is 4.72 Å². The summed E-state index contributed by atoms with van der Waals surface area (Å²) in [5.74, 6) is 6.25. The molecule has 1 saturated carbocycles. The lowest BCUT2D eigenvalue weighted by Gasteiger charge is -2.14. The highest BCUT2D eigenvalue weighted by Gasteiger charge is 2.31. The van der Waals surface area contributed by atoms with E-state index in [-0.39, 0.29) is 17.5 Å². The summed E-state index contributed by atoms with van der Waals surface area (Å²) in [4.78, 5) is 0.278. The van der Waals surface area contributed by atoms with Crippen LogP contribution in [-0.2, 0) is 10.0 Å². The first-order chi connectivity index (χ1) is 9.94. The zero-order chi connectivity index (χ0) is 15.5. The Hall–Kier alpha value is -1.35. The maximum atomic E-state index is 12.3. The van der Waals surface area contributed by atoms with Crippen molar-refractivity contribution in [3.8, 4) is 11.8 Å². The van der Waals surface area contributed by atoms with Gasteiger partial charge in [0, 0.05) is 18.0 Å². The van der Waals surface area contributed by atoms with Crippen LogP contribution in [0.1, 0.15) is 37.3 Å². The highest BCUT2D eigenvalue weighted by molar-refractivity contribution is 7.89. The maximum Gasteiger partial charge on any atom is 0.240 e. The van der Waals surface area contributed by atoms with Crippen molar-refractivity contribution in [2.75, 3.05) is 6.61 Å². The Balaban J connectivity index is 2.17. The molecule has 114 valence electrons. The zero-order valence-corrected chi connectivity index (χ0v) is 13.2. The first kappa shape index (κ1) is 16.0. The molecule has 0 spiro atoms. The molecule has 4 nitrogen and oxygen atoms in total. The lowest BCUT2D eigenvalue weighted by Crippen LogP contribution is -2.34. The Morgan fingerprint density at radius 2 is 2.14 bits per heavy atom. The van der Waals surface area contributed by atoms with Crippen LogP contribution in [0, 0.1) is 24.7 Å². The SMILES string of the molecule is Cc1cc(S(=O)(=O)NC(C)C2CC2)ccc1C#CCCO. The average Bonchev–Trinajstić information content (AvgIpc) is 3.24. The van der Waals surface area contributed by atoms with Gasteiger partial charge in [0.25, 0.3) is 0 Å². The van der Waals surface area contributed by atoms with Crippen molar-refractivity contribution in [1.29, 1.82) is 0 Å². The highest BCUT2D eigenvalue weighted by Crippen LogP contribution is 2.33. The Labute approximate surface area is 126 Å². The molecular weight excluding hydrogens is 286 g/mol. The molecule has 0 aromatic heterocycles. The summed E-state index contributed by atoms with van der Waals surface area (Å²) in [6.45, 7) is 3.78. The first-order valence-corrected chi connectivity index (χ1v) is 8.65. The number of aliphatic hydroxyl groups is 1. The fourth-order valence-electron chi connectivity index (χ4n) is 2.16. The van der Waals surface area contributed by atoms with Crippen LogP contribution in [0.25, 0.3) is 0 Å². The lowest BCUT2D eigenvalue weighted by molar-refractivity contribution is 0.305. The Morgan fingerprint density at radius 3 is 2.71 bits per heavy atom. The number of hydrogen-bond donors (Lipinski definition) is 2. The molecule has 2 rings (SSSR count). The average molecular weight is 307 g/mol. The van der Waals surface area contributed by atoms with E-state index in [1.54, 1.807) is 18.2 Å². The van der Waals surface area contributed by atoms with E-state index in [0.717, 1.165) is 24.0 Å².